The van der Waals surface area contributed by atoms with E-state index in [0.29, 0.717) is 15.8 Å². The first-order chi connectivity index (χ1) is 17.1. The summed E-state index contributed by atoms with van der Waals surface area (Å²) < 4.78 is 8.38. The number of benzene rings is 2. The van der Waals surface area contributed by atoms with Crippen LogP contribution in [-0.4, -0.2) is 38.1 Å². The number of thioether (sulfide) groups is 1. The predicted molar refractivity (Wildman–Crippen MR) is 149 cm³/mol. The number of thiocarbonyl (C=S) groups is 1. The van der Waals surface area contributed by atoms with Crippen molar-refractivity contribution in [3.8, 4) is 22.7 Å². The third-order valence-corrected chi connectivity index (χ3v) is 7.14. The molecule has 182 valence electrons. The molecule has 7 heteroatoms. The standard InChI is InChI=1S/C28H31N3O2S2/c1-3-5-6-10-18-33-24-15-13-21(14-16-24)26-22(20-31(29-26)23-11-8-7-9-12-23)19-25-27(32)30(17-4-2)28(34)35-25/h7-9,11-16,19-20H,3-6,10,17-18H2,1-2H3/b25-19+. The zero-order chi connectivity index (χ0) is 24.6. The van der Waals surface area contributed by atoms with Crippen molar-refractivity contribution in [2.75, 3.05) is 13.2 Å². The summed E-state index contributed by atoms with van der Waals surface area (Å²) >= 11 is 6.80. The van der Waals surface area contributed by atoms with E-state index in [9.17, 15) is 4.79 Å². The lowest BCUT2D eigenvalue weighted by atomic mass is 10.1. The second-order valence-corrected chi connectivity index (χ2v) is 10.2. The number of unbranched alkanes of at least 4 members (excludes halogenated alkanes) is 3. The van der Waals surface area contributed by atoms with Gasteiger partial charge in [-0.2, -0.15) is 5.10 Å². The Morgan fingerprint density at radius 2 is 1.77 bits per heavy atom. The fraction of sp³-hybridized carbons (Fsp3) is 0.321. The molecule has 3 aromatic rings. The summed E-state index contributed by atoms with van der Waals surface area (Å²) in [5.74, 6) is 0.821. The van der Waals surface area contributed by atoms with Gasteiger partial charge in [0.15, 0.2) is 0 Å². The minimum absolute atomic E-state index is 0.0351. The summed E-state index contributed by atoms with van der Waals surface area (Å²) in [6.07, 6.45) is 9.46. The monoisotopic (exact) mass is 505 g/mol. The van der Waals surface area contributed by atoms with E-state index in [0.717, 1.165) is 47.7 Å². The number of para-hydroxylation sites is 1. The zero-order valence-corrected chi connectivity index (χ0v) is 21.9. The predicted octanol–water partition coefficient (Wildman–Crippen LogP) is 7.11. The number of hydrogen-bond acceptors (Lipinski definition) is 5. The molecule has 0 atom stereocenters. The lowest BCUT2D eigenvalue weighted by molar-refractivity contribution is -0.122. The van der Waals surface area contributed by atoms with Gasteiger partial charge in [0.2, 0.25) is 0 Å². The summed E-state index contributed by atoms with van der Waals surface area (Å²) in [5.41, 5.74) is 3.61. The molecule has 0 saturated carbocycles. The second kappa shape index (κ2) is 12.2. The molecule has 0 N–H and O–H groups in total. The van der Waals surface area contributed by atoms with Crippen LogP contribution in [0.15, 0.2) is 65.7 Å². The lowest BCUT2D eigenvalue weighted by Gasteiger charge is -2.11. The molecule has 0 bridgehead atoms. The van der Waals surface area contributed by atoms with Gasteiger partial charge in [0, 0.05) is 23.9 Å². The van der Waals surface area contributed by atoms with E-state index >= 15 is 0 Å². The molecular formula is C28H31N3O2S2. The number of ether oxygens (including phenoxy) is 1. The molecule has 0 unspecified atom stereocenters. The molecule has 0 aliphatic carbocycles. The summed E-state index contributed by atoms with van der Waals surface area (Å²) in [6, 6.07) is 18.0. The average Bonchev–Trinajstić information content (AvgIpc) is 3.41. The zero-order valence-electron chi connectivity index (χ0n) is 20.3. The summed E-state index contributed by atoms with van der Waals surface area (Å²) in [5, 5.41) is 4.88. The minimum Gasteiger partial charge on any atom is -0.494 e. The Morgan fingerprint density at radius 1 is 1.00 bits per heavy atom. The van der Waals surface area contributed by atoms with E-state index in [1.165, 1.54) is 31.0 Å². The van der Waals surface area contributed by atoms with Gasteiger partial charge in [-0.25, -0.2) is 4.68 Å². The Kier molecular flexibility index (Phi) is 8.77. The Hall–Kier alpha value is -2.90. The topological polar surface area (TPSA) is 47.4 Å². The third kappa shape index (κ3) is 6.21. The molecular weight excluding hydrogens is 474 g/mol. The van der Waals surface area contributed by atoms with Crippen LogP contribution in [0.5, 0.6) is 5.75 Å². The van der Waals surface area contributed by atoms with Crippen molar-refractivity contribution in [1.82, 2.24) is 14.7 Å². The number of rotatable bonds is 11. The first kappa shape index (κ1) is 25.2. The minimum atomic E-state index is -0.0351. The van der Waals surface area contributed by atoms with Gasteiger partial charge >= 0.3 is 0 Å². The van der Waals surface area contributed by atoms with Crippen LogP contribution < -0.4 is 4.74 Å². The maximum absolute atomic E-state index is 13.0. The Morgan fingerprint density at radius 3 is 2.49 bits per heavy atom. The molecule has 1 aliphatic rings. The summed E-state index contributed by atoms with van der Waals surface area (Å²) in [7, 11) is 0. The highest BCUT2D eigenvalue weighted by atomic mass is 32.2. The van der Waals surface area contributed by atoms with Crippen LogP contribution in [0.4, 0.5) is 0 Å². The Balaban J connectivity index is 1.62. The van der Waals surface area contributed by atoms with Crippen molar-refractivity contribution in [3.63, 3.8) is 0 Å². The van der Waals surface area contributed by atoms with E-state index in [1.807, 2.05) is 78.5 Å². The molecule has 35 heavy (non-hydrogen) atoms. The van der Waals surface area contributed by atoms with Gasteiger partial charge in [0.25, 0.3) is 5.91 Å². The highest BCUT2D eigenvalue weighted by Crippen LogP contribution is 2.35. The van der Waals surface area contributed by atoms with Crippen LogP contribution in [0, 0.1) is 0 Å². The molecule has 1 aliphatic heterocycles. The second-order valence-electron chi connectivity index (χ2n) is 8.48. The van der Waals surface area contributed by atoms with Gasteiger partial charge in [-0.3, -0.25) is 9.69 Å². The van der Waals surface area contributed by atoms with Gasteiger partial charge in [0.1, 0.15) is 10.1 Å². The Bertz CT molecular complexity index is 1190. The SMILES string of the molecule is CCCCCCOc1ccc(-c2nn(-c3ccccc3)cc2/C=C2/SC(=S)N(CCC)C2=O)cc1. The molecule has 1 fully saturated rings. The van der Waals surface area contributed by atoms with Crippen molar-refractivity contribution in [2.45, 2.75) is 46.0 Å². The Labute approximate surface area is 217 Å². The van der Waals surface area contributed by atoms with Crippen molar-refractivity contribution in [3.05, 3.63) is 71.3 Å². The first-order valence-electron chi connectivity index (χ1n) is 12.2. The van der Waals surface area contributed by atoms with E-state index < -0.39 is 0 Å². The fourth-order valence-corrected chi connectivity index (χ4v) is 5.22. The van der Waals surface area contributed by atoms with Gasteiger partial charge in [-0.15, -0.1) is 0 Å². The van der Waals surface area contributed by atoms with E-state index in [4.69, 9.17) is 22.1 Å². The average molecular weight is 506 g/mol. The van der Waals surface area contributed by atoms with E-state index in [1.54, 1.807) is 4.90 Å². The van der Waals surface area contributed by atoms with E-state index in [-0.39, 0.29) is 5.91 Å². The molecule has 4 rings (SSSR count). The third-order valence-electron chi connectivity index (χ3n) is 5.77. The van der Waals surface area contributed by atoms with Gasteiger partial charge in [0.05, 0.1) is 22.9 Å². The highest BCUT2D eigenvalue weighted by molar-refractivity contribution is 8.26. The van der Waals surface area contributed by atoms with Crippen LogP contribution in [0.3, 0.4) is 0 Å². The number of amides is 1. The summed E-state index contributed by atoms with van der Waals surface area (Å²) in [6.45, 7) is 5.62. The molecule has 0 spiro atoms. The van der Waals surface area contributed by atoms with Crippen LogP contribution in [0.2, 0.25) is 0 Å². The van der Waals surface area contributed by atoms with Crippen LogP contribution in [0.1, 0.15) is 51.5 Å². The normalized spacial score (nSPS) is 14.8. The number of carbonyl (C=O) groups excluding carboxylic acids is 1. The molecule has 2 heterocycles. The summed E-state index contributed by atoms with van der Waals surface area (Å²) in [4.78, 5) is 15.3. The smallest absolute Gasteiger partial charge is 0.266 e. The number of hydrogen-bond donors (Lipinski definition) is 0. The van der Waals surface area contributed by atoms with Crippen molar-refractivity contribution in [2.24, 2.45) is 0 Å². The molecule has 0 radical (unpaired) electrons. The molecule has 1 amide bonds. The highest BCUT2D eigenvalue weighted by Gasteiger charge is 2.31. The van der Waals surface area contributed by atoms with E-state index in [2.05, 4.69) is 6.92 Å². The number of aromatic nitrogens is 2. The largest absolute Gasteiger partial charge is 0.494 e. The van der Waals surface area contributed by atoms with Crippen molar-refractivity contribution >= 4 is 40.3 Å². The first-order valence-corrected chi connectivity index (χ1v) is 13.5. The van der Waals surface area contributed by atoms with Gasteiger partial charge in [-0.05, 0) is 55.3 Å². The molecule has 1 aromatic heterocycles. The van der Waals surface area contributed by atoms with Crippen LogP contribution >= 0.6 is 24.0 Å². The fourth-order valence-electron chi connectivity index (χ4n) is 3.92. The van der Waals surface area contributed by atoms with Gasteiger partial charge < -0.3 is 4.74 Å². The van der Waals surface area contributed by atoms with Crippen LogP contribution in [0.25, 0.3) is 23.0 Å². The molecule has 1 saturated heterocycles. The lowest BCUT2D eigenvalue weighted by Crippen LogP contribution is -2.28. The van der Waals surface area contributed by atoms with Gasteiger partial charge in [-0.1, -0.05) is 75.3 Å². The van der Waals surface area contributed by atoms with Crippen molar-refractivity contribution in [1.29, 1.82) is 0 Å². The maximum atomic E-state index is 13.0. The number of carbonyl (C=O) groups is 1. The van der Waals surface area contributed by atoms with Crippen molar-refractivity contribution < 1.29 is 9.53 Å². The molecule has 2 aromatic carbocycles. The van der Waals surface area contributed by atoms with Crippen LogP contribution in [-0.2, 0) is 4.79 Å². The maximum Gasteiger partial charge on any atom is 0.266 e. The molecule has 5 nitrogen and oxygen atoms in total. The quantitative estimate of drug-likeness (QED) is 0.158. The number of nitrogens with zero attached hydrogens (tertiary/aromatic N) is 3.